The Morgan fingerprint density at radius 3 is 2.46 bits per heavy atom. The SMILES string of the molecule is COc1cc(Br)cc(/C=N/NS(=O)(=O)c2ccc(OC(C)C)cc2)c1O. The monoisotopic (exact) mass is 442 g/mol. The van der Waals surface area contributed by atoms with E-state index in [0.29, 0.717) is 15.8 Å². The molecule has 0 heterocycles. The van der Waals surface area contributed by atoms with Gasteiger partial charge in [-0.1, -0.05) is 15.9 Å². The minimum absolute atomic E-state index is 0.00459. The average Bonchev–Trinajstić information content (AvgIpc) is 2.57. The van der Waals surface area contributed by atoms with Gasteiger partial charge in [-0.05, 0) is 50.2 Å². The highest BCUT2D eigenvalue weighted by Gasteiger charge is 2.13. The number of benzene rings is 2. The molecule has 0 radical (unpaired) electrons. The first kappa shape index (κ1) is 20.1. The first-order valence-corrected chi connectivity index (χ1v) is 9.88. The predicted molar refractivity (Wildman–Crippen MR) is 102 cm³/mol. The number of ether oxygens (including phenoxy) is 2. The minimum Gasteiger partial charge on any atom is -0.504 e. The van der Waals surface area contributed by atoms with Crippen molar-refractivity contribution < 1.29 is 23.0 Å². The van der Waals surface area contributed by atoms with Crippen LogP contribution in [0.3, 0.4) is 0 Å². The van der Waals surface area contributed by atoms with Gasteiger partial charge in [-0.15, -0.1) is 0 Å². The Labute approximate surface area is 160 Å². The molecule has 2 N–H and O–H groups in total. The van der Waals surface area contributed by atoms with Gasteiger partial charge < -0.3 is 14.6 Å². The molecule has 2 aromatic rings. The fraction of sp³-hybridized carbons (Fsp3) is 0.235. The summed E-state index contributed by atoms with van der Waals surface area (Å²) in [5.41, 5.74) is 0.291. The van der Waals surface area contributed by atoms with Gasteiger partial charge in [0.05, 0.1) is 24.3 Å². The fourth-order valence-electron chi connectivity index (χ4n) is 2.04. The van der Waals surface area contributed by atoms with Crippen molar-refractivity contribution in [2.45, 2.75) is 24.8 Å². The van der Waals surface area contributed by atoms with Crippen molar-refractivity contribution in [3.05, 3.63) is 46.4 Å². The Bertz CT molecular complexity index is 896. The molecule has 0 amide bonds. The fourth-order valence-corrected chi connectivity index (χ4v) is 3.28. The van der Waals surface area contributed by atoms with Gasteiger partial charge in [0.1, 0.15) is 5.75 Å². The van der Waals surface area contributed by atoms with E-state index in [4.69, 9.17) is 9.47 Å². The van der Waals surface area contributed by atoms with Crippen molar-refractivity contribution in [2.75, 3.05) is 7.11 Å². The summed E-state index contributed by atoms with van der Waals surface area (Å²) in [4.78, 5) is 2.15. The van der Waals surface area contributed by atoms with E-state index in [9.17, 15) is 13.5 Å². The standard InChI is InChI=1S/C17H19BrN2O5S/c1-11(2)25-14-4-6-15(7-5-14)26(22,23)20-19-10-12-8-13(18)9-16(24-3)17(12)21/h4-11,20-21H,1-3H3/b19-10+. The number of hydrogen-bond acceptors (Lipinski definition) is 6. The molecule has 0 bridgehead atoms. The van der Waals surface area contributed by atoms with Crippen molar-refractivity contribution in [3.63, 3.8) is 0 Å². The van der Waals surface area contributed by atoms with E-state index in [1.54, 1.807) is 24.3 Å². The van der Waals surface area contributed by atoms with Gasteiger partial charge >= 0.3 is 0 Å². The Balaban J connectivity index is 2.15. The van der Waals surface area contributed by atoms with E-state index < -0.39 is 10.0 Å². The lowest BCUT2D eigenvalue weighted by Crippen LogP contribution is -2.18. The van der Waals surface area contributed by atoms with Gasteiger partial charge in [0.25, 0.3) is 10.0 Å². The van der Waals surface area contributed by atoms with Crippen LogP contribution in [0.2, 0.25) is 0 Å². The molecule has 0 spiro atoms. The molecule has 0 aliphatic rings. The van der Waals surface area contributed by atoms with E-state index in [1.165, 1.54) is 25.5 Å². The zero-order valence-corrected chi connectivity index (χ0v) is 16.8. The van der Waals surface area contributed by atoms with Crippen LogP contribution in [0.5, 0.6) is 17.2 Å². The van der Waals surface area contributed by atoms with Crippen LogP contribution in [-0.2, 0) is 10.0 Å². The number of phenols is 1. The Morgan fingerprint density at radius 2 is 1.88 bits per heavy atom. The summed E-state index contributed by atoms with van der Waals surface area (Å²) >= 11 is 3.28. The van der Waals surface area contributed by atoms with Crippen LogP contribution in [0, 0.1) is 0 Å². The Morgan fingerprint density at radius 1 is 1.23 bits per heavy atom. The van der Waals surface area contributed by atoms with Gasteiger partial charge in [0.15, 0.2) is 11.5 Å². The van der Waals surface area contributed by atoms with Gasteiger partial charge in [-0.2, -0.15) is 13.5 Å². The number of hydrogen-bond donors (Lipinski definition) is 2. The second kappa shape index (κ2) is 8.41. The van der Waals surface area contributed by atoms with Gasteiger partial charge in [-0.25, -0.2) is 4.83 Å². The predicted octanol–water partition coefficient (Wildman–Crippen LogP) is 3.26. The molecule has 9 heteroatoms. The van der Waals surface area contributed by atoms with Crippen LogP contribution >= 0.6 is 15.9 Å². The summed E-state index contributed by atoms with van der Waals surface area (Å²) in [6, 6.07) is 9.15. The van der Waals surface area contributed by atoms with Crippen molar-refractivity contribution in [1.29, 1.82) is 0 Å². The lowest BCUT2D eigenvalue weighted by molar-refractivity contribution is 0.242. The third-order valence-electron chi connectivity index (χ3n) is 3.17. The Hall–Kier alpha value is -2.26. The molecule has 0 saturated carbocycles. The van der Waals surface area contributed by atoms with Crippen molar-refractivity contribution >= 4 is 32.2 Å². The molecule has 0 atom stereocenters. The second-order valence-electron chi connectivity index (χ2n) is 5.54. The van der Waals surface area contributed by atoms with Crippen molar-refractivity contribution in [3.8, 4) is 17.2 Å². The first-order valence-electron chi connectivity index (χ1n) is 7.61. The maximum atomic E-state index is 12.3. The topological polar surface area (TPSA) is 97.2 Å². The van der Waals surface area contributed by atoms with Gasteiger partial charge in [0, 0.05) is 10.0 Å². The summed E-state index contributed by atoms with van der Waals surface area (Å²) in [6.45, 7) is 3.76. The summed E-state index contributed by atoms with van der Waals surface area (Å²) in [5.74, 6) is 0.673. The molecule has 2 rings (SSSR count). The van der Waals surface area contributed by atoms with E-state index in [-0.39, 0.29) is 22.5 Å². The molecular weight excluding hydrogens is 424 g/mol. The highest BCUT2D eigenvalue weighted by atomic mass is 79.9. The number of phenolic OH excluding ortho intramolecular Hbond substituents is 1. The molecule has 0 fully saturated rings. The number of sulfonamides is 1. The van der Waals surface area contributed by atoms with Crippen LogP contribution in [0.1, 0.15) is 19.4 Å². The Kier molecular flexibility index (Phi) is 6.49. The van der Waals surface area contributed by atoms with E-state index in [1.807, 2.05) is 13.8 Å². The number of nitrogens with one attached hydrogen (secondary N) is 1. The molecule has 0 aromatic heterocycles. The lowest BCUT2D eigenvalue weighted by Gasteiger charge is -2.10. The number of rotatable bonds is 7. The second-order valence-corrected chi connectivity index (χ2v) is 8.11. The van der Waals surface area contributed by atoms with Gasteiger partial charge in [0.2, 0.25) is 0 Å². The van der Waals surface area contributed by atoms with Gasteiger partial charge in [-0.3, -0.25) is 0 Å². The minimum atomic E-state index is -3.84. The lowest BCUT2D eigenvalue weighted by atomic mass is 10.2. The normalized spacial score (nSPS) is 11.7. The largest absolute Gasteiger partial charge is 0.504 e. The molecule has 26 heavy (non-hydrogen) atoms. The molecule has 140 valence electrons. The number of halogens is 1. The number of hydrazone groups is 1. The van der Waals surface area contributed by atoms with Crippen LogP contribution in [0.25, 0.3) is 0 Å². The summed E-state index contributed by atoms with van der Waals surface area (Å²) in [7, 11) is -2.43. The maximum absolute atomic E-state index is 12.3. The number of nitrogens with zero attached hydrogens (tertiary/aromatic N) is 1. The van der Waals surface area contributed by atoms with Crippen LogP contribution in [0.15, 0.2) is 50.9 Å². The summed E-state index contributed by atoms with van der Waals surface area (Å²) in [6.07, 6.45) is 1.19. The molecule has 0 aliphatic carbocycles. The molecule has 0 saturated heterocycles. The van der Waals surface area contributed by atoms with Crippen LogP contribution < -0.4 is 14.3 Å². The van der Waals surface area contributed by atoms with Crippen molar-refractivity contribution in [2.24, 2.45) is 5.10 Å². The average molecular weight is 443 g/mol. The number of aromatic hydroxyl groups is 1. The first-order chi connectivity index (χ1) is 12.2. The highest BCUT2D eigenvalue weighted by molar-refractivity contribution is 9.10. The summed E-state index contributed by atoms with van der Waals surface area (Å²) in [5, 5.41) is 13.7. The van der Waals surface area contributed by atoms with E-state index in [0.717, 1.165) is 0 Å². The number of methoxy groups -OCH3 is 1. The molecular formula is C17H19BrN2O5S. The molecule has 2 aromatic carbocycles. The van der Waals surface area contributed by atoms with E-state index in [2.05, 4.69) is 25.9 Å². The third kappa shape index (κ3) is 5.12. The van der Waals surface area contributed by atoms with E-state index >= 15 is 0 Å². The molecule has 0 aliphatic heterocycles. The molecule has 7 nitrogen and oxygen atoms in total. The van der Waals surface area contributed by atoms with Crippen LogP contribution in [-0.4, -0.2) is 33.0 Å². The summed E-state index contributed by atoms with van der Waals surface area (Å²) < 4.78 is 35.7. The quantitative estimate of drug-likeness (QED) is 0.506. The maximum Gasteiger partial charge on any atom is 0.276 e. The van der Waals surface area contributed by atoms with Crippen molar-refractivity contribution in [1.82, 2.24) is 4.83 Å². The van der Waals surface area contributed by atoms with Crippen LogP contribution in [0.4, 0.5) is 0 Å². The highest BCUT2D eigenvalue weighted by Crippen LogP contribution is 2.32. The third-order valence-corrected chi connectivity index (χ3v) is 4.87. The molecule has 0 unspecified atom stereocenters. The zero-order chi connectivity index (χ0) is 19.3. The smallest absolute Gasteiger partial charge is 0.276 e. The zero-order valence-electron chi connectivity index (χ0n) is 14.4.